The molecule has 0 bridgehead atoms. The summed E-state index contributed by atoms with van der Waals surface area (Å²) in [5, 5.41) is 11.4. The third kappa shape index (κ3) is 4.91. The Bertz CT molecular complexity index is 507. The van der Waals surface area contributed by atoms with Crippen LogP contribution in [0.25, 0.3) is 0 Å². The van der Waals surface area contributed by atoms with Gasteiger partial charge in [0.05, 0.1) is 0 Å². The van der Waals surface area contributed by atoms with Crippen molar-refractivity contribution in [3.05, 3.63) is 47.3 Å². The topological polar surface area (TPSA) is 66.4 Å². The molecule has 0 aliphatic heterocycles. The van der Waals surface area contributed by atoms with Crippen molar-refractivity contribution in [2.24, 2.45) is 0 Å². The molecule has 4 nitrogen and oxygen atoms in total. The van der Waals surface area contributed by atoms with Crippen molar-refractivity contribution in [3.8, 4) is 0 Å². The zero-order valence-electron chi connectivity index (χ0n) is 10.8. The number of carboxylic acid groups (broad SMARTS) is 1. The van der Waals surface area contributed by atoms with Crippen LogP contribution in [0, 0.1) is 5.82 Å². The zero-order valence-corrected chi connectivity index (χ0v) is 10.8. The summed E-state index contributed by atoms with van der Waals surface area (Å²) >= 11 is 0. The second-order valence-electron chi connectivity index (χ2n) is 4.39. The van der Waals surface area contributed by atoms with E-state index in [2.05, 4.69) is 5.32 Å². The third-order valence-electron chi connectivity index (χ3n) is 2.45. The van der Waals surface area contributed by atoms with Gasteiger partial charge in [0, 0.05) is 5.56 Å². The van der Waals surface area contributed by atoms with Crippen molar-refractivity contribution in [1.29, 1.82) is 0 Å². The number of hydrogen-bond donors (Lipinski definition) is 2. The fraction of sp³-hybridized carbons (Fsp3) is 0.286. The number of carbonyl (C=O) groups is 2. The summed E-state index contributed by atoms with van der Waals surface area (Å²) in [6.45, 7) is 3.68. The van der Waals surface area contributed by atoms with Crippen molar-refractivity contribution >= 4 is 11.9 Å². The Hall–Kier alpha value is -2.17. The second kappa shape index (κ2) is 6.68. The van der Waals surface area contributed by atoms with E-state index < -0.39 is 23.7 Å². The summed E-state index contributed by atoms with van der Waals surface area (Å²) in [6, 6.07) is 4.09. The predicted octanol–water partition coefficient (Wildman–Crippen LogP) is 2.37. The standard InChI is InChI=1S/C14H16FNO3/c1-9(2)6-7-12(14(18)19)16-13(17)10-4-3-5-11(15)8-10/h3-6,8,12H,7H2,1-2H3,(H,16,17)(H,18,19)/t12-/m1/s1. The number of rotatable bonds is 5. The van der Waals surface area contributed by atoms with Crippen LogP contribution in [0.4, 0.5) is 4.39 Å². The molecule has 0 spiro atoms. The van der Waals surface area contributed by atoms with Crippen LogP contribution < -0.4 is 5.32 Å². The van der Waals surface area contributed by atoms with Gasteiger partial charge in [0.15, 0.2) is 0 Å². The van der Waals surface area contributed by atoms with E-state index in [0.717, 1.165) is 11.6 Å². The number of benzene rings is 1. The zero-order chi connectivity index (χ0) is 14.4. The molecule has 102 valence electrons. The van der Waals surface area contributed by atoms with Crippen LogP contribution >= 0.6 is 0 Å². The lowest BCUT2D eigenvalue weighted by molar-refractivity contribution is -0.139. The molecule has 0 fully saturated rings. The highest BCUT2D eigenvalue weighted by Crippen LogP contribution is 2.05. The van der Waals surface area contributed by atoms with E-state index in [1.54, 1.807) is 6.08 Å². The minimum absolute atomic E-state index is 0.100. The summed E-state index contributed by atoms with van der Waals surface area (Å²) in [6.07, 6.45) is 1.92. The Morgan fingerprint density at radius 1 is 1.42 bits per heavy atom. The van der Waals surface area contributed by atoms with Gasteiger partial charge < -0.3 is 10.4 Å². The number of halogens is 1. The molecule has 19 heavy (non-hydrogen) atoms. The van der Waals surface area contributed by atoms with Crippen LogP contribution in [0.3, 0.4) is 0 Å². The molecule has 0 saturated heterocycles. The minimum atomic E-state index is -1.12. The van der Waals surface area contributed by atoms with Crippen molar-refractivity contribution < 1.29 is 19.1 Å². The molecule has 1 atom stereocenters. The maximum atomic E-state index is 13.0. The highest BCUT2D eigenvalue weighted by atomic mass is 19.1. The second-order valence-corrected chi connectivity index (χ2v) is 4.39. The van der Waals surface area contributed by atoms with E-state index in [1.807, 2.05) is 13.8 Å². The summed E-state index contributed by atoms with van der Waals surface area (Å²) in [7, 11) is 0. The van der Waals surface area contributed by atoms with Crippen molar-refractivity contribution in [2.45, 2.75) is 26.3 Å². The van der Waals surface area contributed by atoms with Gasteiger partial charge in [-0.3, -0.25) is 4.79 Å². The van der Waals surface area contributed by atoms with Gasteiger partial charge in [0.25, 0.3) is 5.91 Å². The van der Waals surface area contributed by atoms with Crippen molar-refractivity contribution in [3.63, 3.8) is 0 Å². The molecule has 1 amide bonds. The Morgan fingerprint density at radius 3 is 2.63 bits per heavy atom. The lowest BCUT2D eigenvalue weighted by Crippen LogP contribution is -2.40. The van der Waals surface area contributed by atoms with E-state index >= 15 is 0 Å². The quantitative estimate of drug-likeness (QED) is 0.803. The van der Waals surface area contributed by atoms with E-state index in [0.29, 0.717) is 0 Å². The Labute approximate surface area is 110 Å². The van der Waals surface area contributed by atoms with Gasteiger partial charge in [-0.05, 0) is 38.5 Å². The summed E-state index contributed by atoms with van der Waals surface area (Å²) in [5.74, 6) is -2.26. The summed E-state index contributed by atoms with van der Waals surface area (Å²) in [4.78, 5) is 22.8. The molecule has 0 heterocycles. The lowest BCUT2D eigenvalue weighted by Gasteiger charge is -2.13. The van der Waals surface area contributed by atoms with E-state index in [1.165, 1.54) is 18.2 Å². The van der Waals surface area contributed by atoms with Crippen molar-refractivity contribution in [2.75, 3.05) is 0 Å². The average Bonchev–Trinajstić information content (AvgIpc) is 2.33. The molecular formula is C14H16FNO3. The number of carboxylic acids is 1. The van der Waals surface area contributed by atoms with Gasteiger partial charge in [0.2, 0.25) is 0 Å². The first-order valence-corrected chi connectivity index (χ1v) is 5.82. The predicted molar refractivity (Wildman–Crippen MR) is 69.3 cm³/mol. The Balaban J connectivity index is 2.77. The van der Waals surface area contributed by atoms with E-state index in [9.17, 15) is 14.0 Å². The molecule has 0 saturated carbocycles. The third-order valence-corrected chi connectivity index (χ3v) is 2.45. The number of nitrogens with one attached hydrogen (secondary N) is 1. The molecule has 5 heteroatoms. The number of aliphatic carboxylic acids is 1. The molecule has 1 rings (SSSR count). The molecule has 1 aromatic rings. The maximum Gasteiger partial charge on any atom is 0.326 e. The fourth-order valence-corrected chi connectivity index (χ4v) is 1.45. The van der Waals surface area contributed by atoms with E-state index in [4.69, 9.17) is 5.11 Å². The monoisotopic (exact) mass is 265 g/mol. The lowest BCUT2D eigenvalue weighted by atomic mass is 10.1. The van der Waals surface area contributed by atoms with Crippen LogP contribution in [0.5, 0.6) is 0 Å². The first-order chi connectivity index (χ1) is 8.90. The smallest absolute Gasteiger partial charge is 0.326 e. The van der Waals surface area contributed by atoms with Crippen molar-refractivity contribution in [1.82, 2.24) is 5.32 Å². The minimum Gasteiger partial charge on any atom is -0.480 e. The van der Waals surface area contributed by atoms with Gasteiger partial charge in [-0.15, -0.1) is 0 Å². The molecule has 1 aromatic carbocycles. The highest BCUT2D eigenvalue weighted by Gasteiger charge is 2.19. The van der Waals surface area contributed by atoms with E-state index in [-0.39, 0.29) is 12.0 Å². The molecule has 0 aliphatic carbocycles. The van der Waals surface area contributed by atoms with Gasteiger partial charge >= 0.3 is 5.97 Å². The van der Waals surface area contributed by atoms with Crippen LogP contribution in [-0.4, -0.2) is 23.0 Å². The maximum absolute atomic E-state index is 13.0. The molecule has 0 radical (unpaired) electrons. The molecule has 0 aliphatic rings. The number of allylic oxidation sites excluding steroid dienone is 1. The van der Waals surface area contributed by atoms with Crippen LogP contribution in [0.15, 0.2) is 35.9 Å². The molecule has 0 aromatic heterocycles. The summed E-state index contributed by atoms with van der Waals surface area (Å²) in [5.41, 5.74) is 1.06. The van der Waals surface area contributed by atoms with Gasteiger partial charge in [-0.1, -0.05) is 17.7 Å². The van der Waals surface area contributed by atoms with Gasteiger partial charge in [-0.25, -0.2) is 9.18 Å². The fourth-order valence-electron chi connectivity index (χ4n) is 1.45. The Kier molecular flexibility index (Phi) is 5.23. The average molecular weight is 265 g/mol. The normalized spacial score (nSPS) is 11.5. The molecular weight excluding hydrogens is 249 g/mol. The number of amides is 1. The Morgan fingerprint density at radius 2 is 2.11 bits per heavy atom. The van der Waals surface area contributed by atoms with Gasteiger partial charge in [0.1, 0.15) is 11.9 Å². The number of carbonyl (C=O) groups excluding carboxylic acids is 1. The first kappa shape index (κ1) is 14.9. The first-order valence-electron chi connectivity index (χ1n) is 5.82. The van der Waals surface area contributed by atoms with Gasteiger partial charge in [-0.2, -0.15) is 0 Å². The van der Waals surface area contributed by atoms with Crippen LogP contribution in [-0.2, 0) is 4.79 Å². The highest BCUT2D eigenvalue weighted by molar-refractivity contribution is 5.96. The van der Waals surface area contributed by atoms with Crippen LogP contribution in [0.1, 0.15) is 30.6 Å². The SMILES string of the molecule is CC(C)=CC[C@@H](NC(=O)c1cccc(F)c1)C(=O)O. The molecule has 2 N–H and O–H groups in total. The van der Waals surface area contributed by atoms with Crippen LogP contribution in [0.2, 0.25) is 0 Å². The largest absolute Gasteiger partial charge is 0.480 e. The summed E-state index contributed by atoms with van der Waals surface area (Å²) < 4.78 is 13.0. The molecule has 0 unspecified atom stereocenters. The number of hydrogen-bond acceptors (Lipinski definition) is 2.